The Labute approximate surface area is 188 Å². The highest BCUT2D eigenvalue weighted by atomic mass is 32.2. The molecule has 1 aliphatic rings. The maximum absolute atomic E-state index is 11.9. The standard InChI is InChI=1S/C20H32N8O3S/c1-15(2)24-19(29)14-28-13-16(11-23-28)25-20-21-7-6-18(26-20)22-12-17-5-4-8-27(17)9-10-32(3,30)31/h6-7,11,13,15,17H,4-5,8-10,12,14H2,1-3H3,(H,24,29)(H2,21,22,25,26)/t17-/m1/s1. The molecule has 32 heavy (non-hydrogen) atoms. The Morgan fingerprint density at radius 2 is 2.16 bits per heavy atom. The molecule has 1 atom stereocenters. The summed E-state index contributed by atoms with van der Waals surface area (Å²) in [6, 6.07) is 2.15. The Balaban J connectivity index is 1.52. The number of hydrogen-bond donors (Lipinski definition) is 3. The van der Waals surface area contributed by atoms with Crippen molar-refractivity contribution in [2.45, 2.75) is 45.3 Å². The molecular formula is C20H32N8O3S. The number of rotatable bonds is 11. The van der Waals surface area contributed by atoms with Gasteiger partial charge in [0.1, 0.15) is 22.2 Å². The van der Waals surface area contributed by atoms with E-state index in [1.807, 2.05) is 13.8 Å². The molecule has 3 N–H and O–H groups in total. The molecule has 0 radical (unpaired) electrons. The van der Waals surface area contributed by atoms with Crippen LogP contribution in [0.5, 0.6) is 0 Å². The normalized spacial score (nSPS) is 16.9. The first-order valence-corrected chi connectivity index (χ1v) is 12.8. The van der Waals surface area contributed by atoms with Crippen LogP contribution in [0.4, 0.5) is 17.5 Å². The van der Waals surface area contributed by atoms with E-state index in [9.17, 15) is 13.2 Å². The first kappa shape index (κ1) is 23.9. The summed E-state index contributed by atoms with van der Waals surface area (Å²) in [6.07, 6.45) is 8.36. The Morgan fingerprint density at radius 3 is 2.91 bits per heavy atom. The SMILES string of the molecule is CC(C)NC(=O)Cn1cc(Nc2nccc(NC[C@H]3CCCN3CCS(C)(=O)=O)n2)cn1. The van der Waals surface area contributed by atoms with Crippen LogP contribution in [0.15, 0.2) is 24.7 Å². The Hall–Kier alpha value is -2.73. The number of carbonyl (C=O) groups is 1. The summed E-state index contributed by atoms with van der Waals surface area (Å²) in [7, 11) is -2.97. The van der Waals surface area contributed by atoms with Crippen molar-refractivity contribution in [3.05, 3.63) is 24.7 Å². The van der Waals surface area contributed by atoms with Crippen LogP contribution in [-0.2, 0) is 21.2 Å². The first-order valence-electron chi connectivity index (χ1n) is 10.8. The van der Waals surface area contributed by atoms with Crippen LogP contribution in [0.2, 0.25) is 0 Å². The van der Waals surface area contributed by atoms with Crippen molar-refractivity contribution in [1.29, 1.82) is 0 Å². The van der Waals surface area contributed by atoms with E-state index in [4.69, 9.17) is 0 Å². The zero-order valence-corrected chi connectivity index (χ0v) is 19.6. The van der Waals surface area contributed by atoms with Gasteiger partial charge in [-0.05, 0) is 39.3 Å². The van der Waals surface area contributed by atoms with E-state index in [0.29, 0.717) is 30.5 Å². The van der Waals surface area contributed by atoms with Crippen LogP contribution in [0, 0.1) is 0 Å². The monoisotopic (exact) mass is 464 g/mol. The van der Waals surface area contributed by atoms with Crippen LogP contribution >= 0.6 is 0 Å². The van der Waals surface area contributed by atoms with Crippen LogP contribution < -0.4 is 16.0 Å². The average molecular weight is 465 g/mol. The fourth-order valence-electron chi connectivity index (χ4n) is 3.60. The van der Waals surface area contributed by atoms with Crippen molar-refractivity contribution in [2.75, 3.05) is 42.3 Å². The third-order valence-corrected chi connectivity index (χ3v) is 5.99. The zero-order chi connectivity index (χ0) is 23.1. The van der Waals surface area contributed by atoms with E-state index in [1.165, 1.54) is 6.26 Å². The van der Waals surface area contributed by atoms with E-state index < -0.39 is 9.84 Å². The lowest BCUT2D eigenvalue weighted by Crippen LogP contribution is -2.38. The van der Waals surface area contributed by atoms with Crippen molar-refractivity contribution in [3.8, 4) is 0 Å². The summed E-state index contributed by atoms with van der Waals surface area (Å²) in [4.78, 5) is 22.8. The molecule has 11 nitrogen and oxygen atoms in total. The molecule has 0 unspecified atom stereocenters. The quantitative estimate of drug-likeness (QED) is 0.443. The van der Waals surface area contributed by atoms with Gasteiger partial charge in [0.25, 0.3) is 0 Å². The largest absolute Gasteiger partial charge is 0.368 e. The molecule has 3 rings (SSSR count). The minimum atomic E-state index is -2.97. The number of nitrogens with one attached hydrogen (secondary N) is 3. The third kappa shape index (κ3) is 7.75. The van der Waals surface area contributed by atoms with Gasteiger partial charge in [-0.1, -0.05) is 0 Å². The molecule has 1 fully saturated rings. The lowest BCUT2D eigenvalue weighted by molar-refractivity contribution is -0.122. The van der Waals surface area contributed by atoms with Crippen molar-refractivity contribution in [3.63, 3.8) is 0 Å². The van der Waals surface area contributed by atoms with E-state index in [-0.39, 0.29) is 30.3 Å². The Kier molecular flexibility index (Phi) is 8.02. The number of nitrogens with zero attached hydrogens (tertiary/aromatic N) is 5. The van der Waals surface area contributed by atoms with Gasteiger partial charge >= 0.3 is 0 Å². The predicted molar refractivity (Wildman–Crippen MR) is 124 cm³/mol. The van der Waals surface area contributed by atoms with Crippen molar-refractivity contribution < 1.29 is 13.2 Å². The summed E-state index contributed by atoms with van der Waals surface area (Å²) >= 11 is 0. The van der Waals surface area contributed by atoms with Crippen LogP contribution in [0.3, 0.4) is 0 Å². The van der Waals surface area contributed by atoms with E-state index in [1.54, 1.807) is 29.3 Å². The minimum absolute atomic E-state index is 0.0790. The van der Waals surface area contributed by atoms with Crippen LogP contribution in [-0.4, -0.2) is 82.7 Å². The van der Waals surface area contributed by atoms with Gasteiger partial charge in [-0.3, -0.25) is 14.4 Å². The summed E-state index contributed by atoms with van der Waals surface area (Å²) in [6.45, 7) is 6.11. The molecule has 0 aromatic carbocycles. The van der Waals surface area contributed by atoms with E-state index in [2.05, 4.69) is 35.9 Å². The minimum Gasteiger partial charge on any atom is -0.368 e. The second kappa shape index (κ2) is 10.7. The van der Waals surface area contributed by atoms with E-state index >= 15 is 0 Å². The van der Waals surface area contributed by atoms with Crippen molar-refractivity contribution >= 4 is 33.2 Å². The number of amides is 1. The maximum atomic E-state index is 11.9. The molecule has 176 valence electrons. The molecule has 0 bridgehead atoms. The van der Waals surface area contributed by atoms with Crippen molar-refractivity contribution in [2.24, 2.45) is 0 Å². The molecular weight excluding hydrogens is 432 g/mol. The molecule has 2 aromatic heterocycles. The Bertz CT molecular complexity index is 1010. The lowest BCUT2D eigenvalue weighted by Gasteiger charge is -2.24. The zero-order valence-electron chi connectivity index (χ0n) is 18.8. The molecule has 0 aliphatic carbocycles. The number of sulfone groups is 1. The fraction of sp³-hybridized carbons (Fsp3) is 0.600. The number of likely N-dealkylation sites (tertiary alicyclic amines) is 1. The second-order valence-corrected chi connectivity index (χ2v) is 10.6. The third-order valence-electron chi connectivity index (χ3n) is 5.07. The maximum Gasteiger partial charge on any atom is 0.241 e. The van der Waals surface area contributed by atoms with E-state index in [0.717, 1.165) is 19.4 Å². The molecule has 0 spiro atoms. The summed E-state index contributed by atoms with van der Waals surface area (Å²) in [5.74, 6) is 1.18. The van der Waals surface area contributed by atoms with Crippen LogP contribution in [0.25, 0.3) is 0 Å². The van der Waals surface area contributed by atoms with Gasteiger partial charge < -0.3 is 16.0 Å². The number of carbonyl (C=O) groups excluding carboxylic acids is 1. The molecule has 1 amide bonds. The van der Waals surface area contributed by atoms with Gasteiger partial charge in [-0.15, -0.1) is 0 Å². The van der Waals surface area contributed by atoms with Gasteiger partial charge in [0.15, 0.2) is 0 Å². The smallest absolute Gasteiger partial charge is 0.241 e. The second-order valence-electron chi connectivity index (χ2n) is 8.38. The molecule has 12 heteroatoms. The molecule has 1 aliphatic heterocycles. The predicted octanol–water partition coefficient (Wildman–Crippen LogP) is 0.862. The first-order chi connectivity index (χ1) is 15.2. The highest BCUT2D eigenvalue weighted by Crippen LogP contribution is 2.18. The number of hydrogen-bond acceptors (Lipinski definition) is 9. The molecule has 3 heterocycles. The summed E-state index contributed by atoms with van der Waals surface area (Å²) in [5.41, 5.74) is 0.683. The van der Waals surface area contributed by atoms with Gasteiger partial charge in [0.2, 0.25) is 11.9 Å². The van der Waals surface area contributed by atoms with Gasteiger partial charge in [0, 0.05) is 43.8 Å². The average Bonchev–Trinajstić information content (AvgIpc) is 3.33. The van der Waals surface area contributed by atoms with Gasteiger partial charge in [-0.2, -0.15) is 10.1 Å². The highest BCUT2D eigenvalue weighted by molar-refractivity contribution is 7.90. The summed E-state index contributed by atoms with van der Waals surface area (Å²) in [5, 5.41) is 13.4. The number of aromatic nitrogens is 4. The summed E-state index contributed by atoms with van der Waals surface area (Å²) < 4.78 is 24.5. The topological polar surface area (TPSA) is 134 Å². The van der Waals surface area contributed by atoms with Crippen LogP contribution in [0.1, 0.15) is 26.7 Å². The number of anilines is 3. The van der Waals surface area contributed by atoms with Gasteiger partial charge in [-0.25, -0.2) is 13.4 Å². The van der Waals surface area contributed by atoms with Crippen molar-refractivity contribution in [1.82, 2.24) is 30.0 Å². The van der Waals surface area contributed by atoms with Gasteiger partial charge in [0.05, 0.1) is 17.6 Å². The molecule has 2 aromatic rings. The molecule has 1 saturated heterocycles. The highest BCUT2D eigenvalue weighted by Gasteiger charge is 2.25. The Morgan fingerprint density at radius 1 is 1.34 bits per heavy atom. The molecule has 0 saturated carbocycles. The lowest BCUT2D eigenvalue weighted by atomic mass is 10.2. The fourth-order valence-corrected chi connectivity index (χ4v) is 4.17.